The third-order valence-corrected chi connectivity index (χ3v) is 4.52. The van der Waals surface area contributed by atoms with Gasteiger partial charge in [-0.15, -0.1) is 0 Å². The second-order valence-corrected chi connectivity index (χ2v) is 6.16. The van der Waals surface area contributed by atoms with Gasteiger partial charge in [0.25, 0.3) is 0 Å². The van der Waals surface area contributed by atoms with Gasteiger partial charge in [-0.3, -0.25) is 0 Å². The third-order valence-electron chi connectivity index (χ3n) is 4.52. The van der Waals surface area contributed by atoms with Gasteiger partial charge in [0.1, 0.15) is 12.2 Å². The Morgan fingerprint density at radius 2 is 1.46 bits per heavy atom. The van der Waals surface area contributed by atoms with E-state index in [1.807, 2.05) is 36.4 Å². The first-order chi connectivity index (χ1) is 13.6. The average Bonchev–Trinajstić information content (AvgIpc) is 3.23. The van der Waals surface area contributed by atoms with Gasteiger partial charge in [0.05, 0.1) is 33.5 Å². The van der Waals surface area contributed by atoms with Gasteiger partial charge in [-0.1, -0.05) is 24.3 Å². The minimum Gasteiger partial charge on any atom is -0.493 e. The largest absolute Gasteiger partial charge is 0.493 e. The number of ether oxygens (including phenoxy) is 5. The molecule has 28 heavy (non-hydrogen) atoms. The molecule has 0 spiro atoms. The first kappa shape index (κ1) is 19.8. The predicted octanol–water partition coefficient (Wildman–Crippen LogP) is 4.26. The van der Waals surface area contributed by atoms with Crippen LogP contribution in [0, 0.1) is 0 Å². The fraction of sp³-hybridized carbons (Fsp3) is 0.318. The third kappa shape index (κ3) is 3.97. The lowest BCUT2D eigenvalue weighted by Crippen LogP contribution is -2.06. The van der Waals surface area contributed by atoms with Gasteiger partial charge in [0.2, 0.25) is 5.75 Å². The number of carbonyl (C=O) groups is 1. The highest BCUT2D eigenvalue weighted by Gasteiger charge is 2.25. The molecule has 6 nitrogen and oxygen atoms in total. The van der Waals surface area contributed by atoms with E-state index < -0.39 is 0 Å². The van der Waals surface area contributed by atoms with E-state index in [4.69, 9.17) is 23.7 Å². The molecule has 0 fully saturated rings. The summed E-state index contributed by atoms with van der Waals surface area (Å²) in [6.45, 7) is 2.14. The summed E-state index contributed by atoms with van der Waals surface area (Å²) in [5.41, 5.74) is 2.38. The minimum atomic E-state index is -0.327. The molecule has 148 valence electrons. The number of methoxy groups -OCH3 is 3. The molecule has 0 saturated heterocycles. The standard InChI is InChI=1S/C22H24O6/c1-5-27-22(23)15-8-6-14(7-9-15)17-10-11-18(28-17)16-12-19(24-2)21(26-4)20(13-16)25-3/h6-13,17-18H,5H2,1-4H3. The van der Waals surface area contributed by atoms with E-state index in [9.17, 15) is 4.79 Å². The molecule has 2 aromatic rings. The topological polar surface area (TPSA) is 63.2 Å². The fourth-order valence-electron chi connectivity index (χ4n) is 3.12. The molecule has 0 radical (unpaired) electrons. The van der Waals surface area contributed by atoms with E-state index in [-0.39, 0.29) is 18.2 Å². The predicted molar refractivity (Wildman–Crippen MR) is 104 cm³/mol. The van der Waals surface area contributed by atoms with Crippen LogP contribution >= 0.6 is 0 Å². The van der Waals surface area contributed by atoms with Crippen molar-refractivity contribution in [3.05, 3.63) is 65.2 Å². The summed E-state index contributed by atoms with van der Waals surface area (Å²) < 4.78 is 27.4. The Hall–Kier alpha value is -2.99. The monoisotopic (exact) mass is 384 g/mol. The van der Waals surface area contributed by atoms with Crippen molar-refractivity contribution in [2.24, 2.45) is 0 Å². The van der Waals surface area contributed by atoms with Crippen molar-refractivity contribution < 1.29 is 28.5 Å². The summed E-state index contributed by atoms with van der Waals surface area (Å²) in [5, 5.41) is 0. The van der Waals surface area contributed by atoms with Gasteiger partial charge in [-0.05, 0) is 42.3 Å². The van der Waals surface area contributed by atoms with Crippen LogP contribution in [0.1, 0.15) is 40.6 Å². The second kappa shape index (κ2) is 8.80. The molecular formula is C22H24O6. The SMILES string of the molecule is CCOC(=O)c1ccc(C2C=CC(c3cc(OC)c(OC)c(OC)c3)O2)cc1. The molecule has 3 rings (SSSR count). The minimum absolute atomic E-state index is 0.208. The van der Waals surface area contributed by atoms with Crippen molar-refractivity contribution >= 4 is 5.97 Å². The maximum absolute atomic E-state index is 11.8. The quantitative estimate of drug-likeness (QED) is 0.525. The molecule has 0 N–H and O–H groups in total. The van der Waals surface area contributed by atoms with Crippen molar-refractivity contribution in [2.45, 2.75) is 19.1 Å². The van der Waals surface area contributed by atoms with Gasteiger partial charge in [0, 0.05) is 0 Å². The number of esters is 1. The summed E-state index contributed by atoms with van der Waals surface area (Å²) in [7, 11) is 4.74. The van der Waals surface area contributed by atoms with Crippen LogP contribution in [-0.4, -0.2) is 33.9 Å². The van der Waals surface area contributed by atoms with Crippen molar-refractivity contribution in [2.75, 3.05) is 27.9 Å². The van der Waals surface area contributed by atoms with E-state index in [2.05, 4.69) is 0 Å². The number of hydrogen-bond donors (Lipinski definition) is 0. The molecule has 2 aromatic carbocycles. The Morgan fingerprint density at radius 1 is 0.893 bits per heavy atom. The van der Waals surface area contributed by atoms with Crippen LogP contribution in [0.15, 0.2) is 48.6 Å². The Balaban J connectivity index is 1.77. The molecule has 1 aliphatic heterocycles. The molecule has 6 heteroatoms. The Bertz CT molecular complexity index is 831. The number of benzene rings is 2. The first-order valence-corrected chi connectivity index (χ1v) is 9.02. The van der Waals surface area contributed by atoms with Crippen molar-refractivity contribution in [1.82, 2.24) is 0 Å². The van der Waals surface area contributed by atoms with Crippen LogP contribution in [0.4, 0.5) is 0 Å². The van der Waals surface area contributed by atoms with Gasteiger partial charge in [-0.2, -0.15) is 0 Å². The lowest BCUT2D eigenvalue weighted by molar-refractivity contribution is 0.0524. The summed E-state index contributed by atoms with van der Waals surface area (Å²) in [6, 6.07) is 11.0. The van der Waals surface area contributed by atoms with Crippen molar-refractivity contribution in [3.63, 3.8) is 0 Å². The molecule has 0 amide bonds. The molecule has 1 aliphatic rings. The van der Waals surface area contributed by atoms with E-state index in [0.717, 1.165) is 11.1 Å². The normalized spacial score (nSPS) is 18.0. The summed E-state index contributed by atoms with van der Waals surface area (Å²) >= 11 is 0. The molecular weight excluding hydrogens is 360 g/mol. The Kier molecular flexibility index (Phi) is 6.21. The number of carbonyl (C=O) groups excluding carboxylic acids is 1. The number of rotatable bonds is 7. The van der Waals surface area contributed by atoms with Crippen LogP contribution in [0.3, 0.4) is 0 Å². The van der Waals surface area contributed by atoms with Crippen LogP contribution in [0.25, 0.3) is 0 Å². The van der Waals surface area contributed by atoms with E-state index in [1.165, 1.54) is 0 Å². The maximum atomic E-state index is 11.8. The smallest absolute Gasteiger partial charge is 0.338 e. The summed E-state index contributed by atoms with van der Waals surface area (Å²) in [6.07, 6.45) is 3.53. The molecule has 1 heterocycles. The highest BCUT2D eigenvalue weighted by molar-refractivity contribution is 5.89. The van der Waals surface area contributed by atoms with Crippen molar-refractivity contribution in [3.8, 4) is 17.2 Å². The van der Waals surface area contributed by atoms with Crippen molar-refractivity contribution in [1.29, 1.82) is 0 Å². The molecule has 2 atom stereocenters. The van der Waals surface area contributed by atoms with Gasteiger partial charge < -0.3 is 23.7 Å². The summed E-state index contributed by atoms with van der Waals surface area (Å²) in [4.78, 5) is 11.8. The molecule has 0 aliphatic carbocycles. The van der Waals surface area contributed by atoms with Gasteiger partial charge >= 0.3 is 5.97 Å². The van der Waals surface area contributed by atoms with Gasteiger partial charge in [0.15, 0.2) is 11.5 Å². The number of hydrogen-bond acceptors (Lipinski definition) is 6. The fourth-order valence-corrected chi connectivity index (χ4v) is 3.12. The lowest BCUT2D eigenvalue weighted by atomic mass is 10.1. The highest BCUT2D eigenvalue weighted by Crippen LogP contribution is 2.43. The second-order valence-electron chi connectivity index (χ2n) is 6.16. The zero-order valence-electron chi connectivity index (χ0n) is 16.4. The highest BCUT2D eigenvalue weighted by atomic mass is 16.5. The molecule has 0 aromatic heterocycles. The Labute approximate surface area is 164 Å². The zero-order chi connectivity index (χ0) is 20.1. The van der Waals surface area contributed by atoms with Crippen LogP contribution in [-0.2, 0) is 9.47 Å². The van der Waals surface area contributed by atoms with E-state index in [1.54, 1.807) is 40.4 Å². The molecule has 0 saturated carbocycles. The molecule has 0 bridgehead atoms. The van der Waals surface area contributed by atoms with Crippen LogP contribution in [0.2, 0.25) is 0 Å². The first-order valence-electron chi connectivity index (χ1n) is 9.02. The van der Waals surface area contributed by atoms with Crippen LogP contribution < -0.4 is 14.2 Å². The Morgan fingerprint density at radius 3 is 1.96 bits per heavy atom. The van der Waals surface area contributed by atoms with Gasteiger partial charge in [-0.25, -0.2) is 4.79 Å². The van der Waals surface area contributed by atoms with E-state index >= 15 is 0 Å². The lowest BCUT2D eigenvalue weighted by Gasteiger charge is -2.18. The van der Waals surface area contributed by atoms with Crippen LogP contribution in [0.5, 0.6) is 17.2 Å². The van der Waals surface area contributed by atoms with E-state index in [0.29, 0.717) is 29.4 Å². The summed E-state index contributed by atoms with van der Waals surface area (Å²) in [5.74, 6) is 1.38. The zero-order valence-corrected chi connectivity index (χ0v) is 16.4. The maximum Gasteiger partial charge on any atom is 0.338 e. The average molecular weight is 384 g/mol. The molecule has 2 unspecified atom stereocenters.